The Labute approximate surface area is 48.2 Å². The van der Waals surface area contributed by atoms with Crippen LogP contribution in [0.1, 0.15) is 6.42 Å². The van der Waals surface area contributed by atoms with Crippen LogP contribution in [-0.2, 0) is 4.79 Å². The average molecular weight is 122 g/mol. The van der Waals surface area contributed by atoms with Crippen molar-refractivity contribution in [2.24, 2.45) is 0 Å². The summed E-state index contributed by atoms with van der Waals surface area (Å²) < 4.78 is 1.45. The van der Waals surface area contributed by atoms with Gasteiger partial charge in [-0.3, -0.25) is 0 Å². The Morgan fingerprint density at radius 2 is 2.43 bits per heavy atom. The third kappa shape index (κ3) is 5.92. The number of nitrogens with zero attached hydrogens (tertiary/aromatic N) is 1. The molecular weight excluding hydrogens is 114 g/mol. The predicted molar refractivity (Wildman–Crippen MR) is 29.2 cm³/mol. The molecule has 0 saturated carbocycles. The maximum absolute atomic E-state index is 9.62. The molecule has 0 fully saturated rings. The van der Waals surface area contributed by atoms with Crippen molar-refractivity contribution in [2.45, 2.75) is 6.42 Å². The quantitative estimate of drug-likeness (QED) is 0.404. The van der Waals surface area contributed by atoms with Crippen LogP contribution in [0.4, 0.5) is 0 Å². The van der Waals surface area contributed by atoms with Crippen LogP contribution >= 0.6 is 11.8 Å². The fourth-order valence-electron chi connectivity index (χ4n) is 0.231. The molecule has 2 nitrogen and oxygen atoms in total. The molecule has 0 atom stereocenters. The first-order valence-electron chi connectivity index (χ1n) is 2.08. The molecule has 0 radical (unpaired) electrons. The first kappa shape index (κ1) is 6.92. The minimum atomic E-state index is 0.514. The minimum Gasteiger partial charge on any atom is -0.303 e. The number of aldehydes is 1. The van der Waals surface area contributed by atoms with E-state index >= 15 is 0 Å². The van der Waals surface area contributed by atoms with Crippen molar-refractivity contribution in [1.29, 1.82) is 0 Å². The van der Waals surface area contributed by atoms with Gasteiger partial charge >= 0.3 is 0 Å². The third-order valence-corrected chi connectivity index (χ3v) is 0.724. The van der Waals surface area contributed by atoms with Gasteiger partial charge in [0, 0.05) is 20.0 Å². The monoisotopic (exact) mass is 121 g/mol. The number of carbonyl (C=O) groups is 1. The van der Waals surface area contributed by atoms with Gasteiger partial charge in [0.15, 0.2) is 0 Å². The molecule has 0 amide bonds. The fourth-order valence-corrected chi connectivity index (χ4v) is 0.328. The van der Waals surface area contributed by atoms with Gasteiger partial charge in [-0.05, 0) is 11.8 Å². The van der Waals surface area contributed by atoms with E-state index in [1.54, 1.807) is 7.05 Å². The highest BCUT2D eigenvalue weighted by Crippen LogP contribution is 1.86. The van der Waals surface area contributed by atoms with E-state index in [1.807, 2.05) is 0 Å². The summed E-state index contributed by atoms with van der Waals surface area (Å²) >= 11 is 5.33. The van der Waals surface area contributed by atoms with Gasteiger partial charge in [-0.15, -0.1) is 0 Å². The van der Waals surface area contributed by atoms with E-state index in [1.165, 1.54) is 4.42 Å². The van der Waals surface area contributed by atoms with Gasteiger partial charge < -0.3 is 4.79 Å². The summed E-state index contributed by atoms with van der Waals surface area (Å²) in [5.74, 6) is 0. The first-order valence-corrected chi connectivity index (χ1v) is 2.41. The summed E-state index contributed by atoms with van der Waals surface area (Å²) in [6.07, 6.45) is 1.36. The van der Waals surface area contributed by atoms with Gasteiger partial charge in [-0.2, -0.15) is 0 Å². The van der Waals surface area contributed by atoms with Crippen molar-refractivity contribution in [3.05, 3.63) is 0 Å². The van der Waals surface area contributed by atoms with Crippen LogP contribution in [-0.4, -0.2) is 24.3 Å². The Morgan fingerprint density at radius 3 is 2.57 bits per heavy atom. The van der Waals surface area contributed by atoms with Crippen LogP contribution in [0.5, 0.6) is 0 Å². The SMILES string of the molecule is CN(Cl)CCC=O. The predicted octanol–water partition coefficient (Wildman–Crippen LogP) is 0.661. The standard InChI is InChI=1S/C4H8ClNO/c1-6(5)3-2-4-7/h4H,2-3H2,1H3. The molecular formula is C4H8ClNO. The molecule has 3 heteroatoms. The second kappa shape index (κ2) is 4.09. The van der Waals surface area contributed by atoms with E-state index in [0.29, 0.717) is 13.0 Å². The van der Waals surface area contributed by atoms with Crippen LogP contribution in [0.15, 0.2) is 0 Å². The normalized spacial score (nSPS) is 9.57. The summed E-state index contributed by atoms with van der Waals surface area (Å²) in [6, 6.07) is 0. The Morgan fingerprint density at radius 1 is 1.86 bits per heavy atom. The number of hydrogen-bond acceptors (Lipinski definition) is 2. The molecule has 0 aliphatic carbocycles. The molecule has 0 bridgehead atoms. The molecule has 0 aromatic carbocycles. The van der Waals surface area contributed by atoms with Gasteiger partial charge in [0.2, 0.25) is 0 Å². The zero-order valence-electron chi connectivity index (χ0n) is 4.22. The largest absolute Gasteiger partial charge is 0.303 e. The molecule has 0 N–H and O–H groups in total. The van der Waals surface area contributed by atoms with Crippen molar-refractivity contribution >= 4 is 18.1 Å². The molecule has 0 rings (SSSR count). The Bertz CT molecular complexity index is 55.7. The maximum atomic E-state index is 9.62. The maximum Gasteiger partial charge on any atom is 0.121 e. The van der Waals surface area contributed by atoms with E-state index in [4.69, 9.17) is 11.8 Å². The van der Waals surface area contributed by atoms with Crippen molar-refractivity contribution in [3.63, 3.8) is 0 Å². The lowest BCUT2D eigenvalue weighted by atomic mass is 10.5. The number of rotatable bonds is 3. The van der Waals surface area contributed by atoms with Crippen molar-refractivity contribution < 1.29 is 4.79 Å². The second-order valence-corrected chi connectivity index (χ2v) is 1.86. The van der Waals surface area contributed by atoms with E-state index in [-0.39, 0.29) is 0 Å². The second-order valence-electron chi connectivity index (χ2n) is 1.28. The van der Waals surface area contributed by atoms with Crippen molar-refractivity contribution in [1.82, 2.24) is 4.42 Å². The zero-order valence-corrected chi connectivity index (χ0v) is 4.98. The van der Waals surface area contributed by atoms with Crippen LogP contribution < -0.4 is 0 Å². The molecule has 0 aliphatic heterocycles. The minimum absolute atomic E-state index is 0.514. The van der Waals surface area contributed by atoms with E-state index in [2.05, 4.69) is 0 Å². The number of hydrogen-bond donors (Lipinski definition) is 0. The topological polar surface area (TPSA) is 20.3 Å². The van der Waals surface area contributed by atoms with Gasteiger partial charge in [0.25, 0.3) is 0 Å². The van der Waals surface area contributed by atoms with Crippen molar-refractivity contribution in [2.75, 3.05) is 13.6 Å². The van der Waals surface area contributed by atoms with Gasteiger partial charge in [0.1, 0.15) is 6.29 Å². The molecule has 7 heavy (non-hydrogen) atoms. The van der Waals surface area contributed by atoms with Crippen molar-refractivity contribution in [3.8, 4) is 0 Å². The lowest BCUT2D eigenvalue weighted by Crippen LogP contribution is -2.05. The van der Waals surface area contributed by atoms with Crippen LogP contribution in [0.2, 0.25) is 0 Å². The van der Waals surface area contributed by atoms with Crippen LogP contribution in [0.3, 0.4) is 0 Å². The molecule has 0 heterocycles. The molecule has 0 aromatic heterocycles. The molecule has 0 unspecified atom stereocenters. The summed E-state index contributed by atoms with van der Waals surface area (Å²) in [4.78, 5) is 9.62. The first-order chi connectivity index (χ1) is 3.27. The molecule has 0 saturated heterocycles. The van der Waals surface area contributed by atoms with E-state index < -0.39 is 0 Å². The Hall–Kier alpha value is -0.0800. The highest BCUT2D eigenvalue weighted by atomic mass is 35.5. The highest BCUT2D eigenvalue weighted by molar-refractivity contribution is 6.13. The lowest BCUT2D eigenvalue weighted by Gasteiger charge is -1.99. The van der Waals surface area contributed by atoms with Gasteiger partial charge in [0.05, 0.1) is 0 Å². The summed E-state index contributed by atoms with van der Waals surface area (Å²) in [6.45, 7) is 0.630. The number of halogens is 1. The van der Waals surface area contributed by atoms with Gasteiger partial charge in [-0.1, -0.05) is 0 Å². The Kier molecular flexibility index (Phi) is 4.04. The fraction of sp³-hybridized carbons (Fsp3) is 0.750. The van der Waals surface area contributed by atoms with E-state index in [0.717, 1.165) is 6.29 Å². The summed E-state index contributed by atoms with van der Waals surface area (Å²) in [5.41, 5.74) is 0. The summed E-state index contributed by atoms with van der Waals surface area (Å²) in [5, 5.41) is 0. The highest BCUT2D eigenvalue weighted by Gasteiger charge is 1.86. The summed E-state index contributed by atoms with van der Waals surface area (Å²) in [7, 11) is 1.71. The van der Waals surface area contributed by atoms with Crippen LogP contribution in [0.25, 0.3) is 0 Å². The van der Waals surface area contributed by atoms with E-state index in [9.17, 15) is 4.79 Å². The molecule has 42 valence electrons. The Balaban J connectivity index is 2.81. The average Bonchev–Trinajstić information content (AvgIpc) is 1.61. The smallest absolute Gasteiger partial charge is 0.121 e. The van der Waals surface area contributed by atoms with Gasteiger partial charge in [-0.25, -0.2) is 4.42 Å². The van der Waals surface area contributed by atoms with Crippen LogP contribution in [0, 0.1) is 0 Å². The molecule has 0 spiro atoms. The molecule has 0 aromatic rings. The number of carbonyl (C=O) groups excluding carboxylic acids is 1. The third-order valence-electron chi connectivity index (χ3n) is 0.555. The lowest BCUT2D eigenvalue weighted by molar-refractivity contribution is -0.107. The zero-order chi connectivity index (χ0) is 5.70. The molecule has 0 aliphatic rings.